The molecular weight excluding hydrogens is 220 g/mol. The fourth-order valence-electron chi connectivity index (χ4n) is 3.09. The van der Waals surface area contributed by atoms with Gasteiger partial charge in [0.1, 0.15) is 0 Å². The number of piperazine rings is 1. The number of hydrogen-bond acceptors (Lipinski definition) is 2. The number of nitrogens with one attached hydrogen (secondary N) is 1. The Kier molecular flexibility index (Phi) is 5.25. The van der Waals surface area contributed by atoms with Gasteiger partial charge in [-0.05, 0) is 39.0 Å². The first-order valence-corrected chi connectivity index (χ1v) is 7.83. The molecule has 0 saturated carbocycles. The topological polar surface area (TPSA) is 15.3 Å². The molecule has 1 aliphatic heterocycles. The predicted molar refractivity (Wildman–Crippen MR) is 81.0 cm³/mol. The standard InChI is InChI=1S/C16H34N2/c1-8-15(6)12-18(16(7,9-2)10-3)14(11-17-15)13(4)5/h13-14,17H,8-12H2,1-7H3. The van der Waals surface area contributed by atoms with Crippen LogP contribution in [-0.2, 0) is 0 Å². The lowest BCUT2D eigenvalue weighted by molar-refractivity contribution is -0.0268. The zero-order valence-electron chi connectivity index (χ0n) is 13.6. The molecule has 1 aliphatic rings. The van der Waals surface area contributed by atoms with Crippen LogP contribution in [0.3, 0.4) is 0 Å². The van der Waals surface area contributed by atoms with E-state index in [1.54, 1.807) is 0 Å². The third-order valence-electron chi connectivity index (χ3n) is 5.42. The van der Waals surface area contributed by atoms with Gasteiger partial charge in [0.2, 0.25) is 0 Å². The third-order valence-corrected chi connectivity index (χ3v) is 5.42. The maximum Gasteiger partial charge on any atom is 0.0278 e. The van der Waals surface area contributed by atoms with E-state index in [-0.39, 0.29) is 5.54 Å². The lowest BCUT2D eigenvalue weighted by atomic mass is 9.82. The summed E-state index contributed by atoms with van der Waals surface area (Å²) >= 11 is 0. The molecule has 0 aromatic carbocycles. The van der Waals surface area contributed by atoms with Crippen LogP contribution in [0.15, 0.2) is 0 Å². The van der Waals surface area contributed by atoms with Crippen LogP contribution in [0.4, 0.5) is 0 Å². The van der Waals surface area contributed by atoms with E-state index in [1.165, 1.54) is 25.8 Å². The minimum atomic E-state index is 0.289. The molecule has 1 saturated heterocycles. The molecule has 0 aliphatic carbocycles. The molecule has 1 rings (SSSR count). The summed E-state index contributed by atoms with van der Waals surface area (Å²) in [7, 11) is 0. The van der Waals surface area contributed by atoms with E-state index in [2.05, 4.69) is 58.7 Å². The predicted octanol–water partition coefficient (Wildman–Crippen LogP) is 3.66. The Morgan fingerprint density at radius 3 is 2.22 bits per heavy atom. The van der Waals surface area contributed by atoms with Gasteiger partial charge in [0.15, 0.2) is 0 Å². The number of hydrogen-bond donors (Lipinski definition) is 1. The van der Waals surface area contributed by atoms with E-state index >= 15 is 0 Å². The Hall–Kier alpha value is -0.0800. The Morgan fingerprint density at radius 2 is 1.83 bits per heavy atom. The van der Waals surface area contributed by atoms with Gasteiger partial charge in [-0.25, -0.2) is 0 Å². The molecule has 1 heterocycles. The summed E-state index contributed by atoms with van der Waals surface area (Å²) in [4.78, 5) is 2.80. The van der Waals surface area contributed by atoms with Crippen molar-refractivity contribution in [1.82, 2.24) is 10.2 Å². The molecule has 2 nitrogen and oxygen atoms in total. The van der Waals surface area contributed by atoms with Crippen molar-refractivity contribution in [2.75, 3.05) is 13.1 Å². The maximum absolute atomic E-state index is 3.79. The van der Waals surface area contributed by atoms with Crippen molar-refractivity contribution in [3.05, 3.63) is 0 Å². The first kappa shape index (κ1) is 16.0. The zero-order chi connectivity index (χ0) is 14.0. The highest BCUT2D eigenvalue weighted by molar-refractivity contribution is 5.01. The van der Waals surface area contributed by atoms with Crippen LogP contribution >= 0.6 is 0 Å². The fraction of sp³-hybridized carbons (Fsp3) is 1.00. The summed E-state index contributed by atoms with van der Waals surface area (Å²) in [5.74, 6) is 0.719. The molecule has 0 amide bonds. The van der Waals surface area contributed by atoms with E-state index in [9.17, 15) is 0 Å². The molecule has 1 N–H and O–H groups in total. The molecule has 108 valence electrons. The van der Waals surface area contributed by atoms with E-state index in [4.69, 9.17) is 0 Å². The van der Waals surface area contributed by atoms with Crippen LogP contribution in [0.1, 0.15) is 67.7 Å². The fourth-order valence-corrected chi connectivity index (χ4v) is 3.09. The van der Waals surface area contributed by atoms with Crippen molar-refractivity contribution in [2.45, 2.75) is 84.8 Å². The molecule has 18 heavy (non-hydrogen) atoms. The molecule has 2 unspecified atom stereocenters. The normalized spacial score (nSPS) is 31.0. The van der Waals surface area contributed by atoms with E-state index in [0.29, 0.717) is 11.6 Å². The van der Waals surface area contributed by atoms with Crippen molar-refractivity contribution in [3.8, 4) is 0 Å². The Labute approximate surface area is 115 Å². The second-order valence-corrected chi connectivity index (χ2v) is 6.94. The largest absolute Gasteiger partial charge is 0.309 e. The second kappa shape index (κ2) is 5.92. The average molecular weight is 254 g/mol. The van der Waals surface area contributed by atoms with Crippen molar-refractivity contribution < 1.29 is 0 Å². The molecular formula is C16H34N2. The van der Waals surface area contributed by atoms with E-state index in [0.717, 1.165) is 12.5 Å². The van der Waals surface area contributed by atoms with Gasteiger partial charge in [0, 0.05) is 30.2 Å². The lowest BCUT2D eigenvalue weighted by Gasteiger charge is -2.54. The van der Waals surface area contributed by atoms with Crippen LogP contribution in [-0.4, -0.2) is 35.1 Å². The van der Waals surface area contributed by atoms with Crippen LogP contribution in [0.2, 0.25) is 0 Å². The Morgan fingerprint density at radius 1 is 1.28 bits per heavy atom. The van der Waals surface area contributed by atoms with Crippen LogP contribution in [0.5, 0.6) is 0 Å². The molecule has 0 aromatic heterocycles. The molecule has 0 spiro atoms. The van der Waals surface area contributed by atoms with Gasteiger partial charge in [0.05, 0.1) is 0 Å². The minimum Gasteiger partial charge on any atom is -0.309 e. The van der Waals surface area contributed by atoms with Gasteiger partial charge in [0.25, 0.3) is 0 Å². The van der Waals surface area contributed by atoms with E-state index in [1.807, 2.05) is 0 Å². The zero-order valence-corrected chi connectivity index (χ0v) is 13.6. The first-order valence-electron chi connectivity index (χ1n) is 7.83. The molecule has 1 fully saturated rings. The highest BCUT2D eigenvalue weighted by atomic mass is 15.3. The quantitative estimate of drug-likeness (QED) is 0.805. The van der Waals surface area contributed by atoms with Crippen LogP contribution in [0, 0.1) is 5.92 Å². The highest BCUT2D eigenvalue weighted by Crippen LogP contribution is 2.33. The van der Waals surface area contributed by atoms with Gasteiger partial charge in [-0.2, -0.15) is 0 Å². The SMILES string of the molecule is CCC1(C)CN(C(C)(CC)CC)C(C(C)C)CN1. The van der Waals surface area contributed by atoms with Gasteiger partial charge in [-0.1, -0.05) is 34.6 Å². The smallest absolute Gasteiger partial charge is 0.0278 e. The van der Waals surface area contributed by atoms with Crippen LogP contribution < -0.4 is 5.32 Å². The molecule has 0 aromatic rings. The summed E-state index contributed by atoms with van der Waals surface area (Å²) in [6.45, 7) is 18.8. The van der Waals surface area contributed by atoms with Crippen molar-refractivity contribution in [3.63, 3.8) is 0 Å². The Balaban J connectivity index is 2.98. The van der Waals surface area contributed by atoms with Crippen molar-refractivity contribution in [1.29, 1.82) is 0 Å². The summed E-state index contributed by atoms with van der Waals surface area (Å²) < 4.78 is 0. The summed E-state index contributed by atoms with van der Waals surface area (Å²) in [6, 6.07) is 0.675. The third kappa shape index (κ3) is 3.08. The second-order valence-electron chi connectivity index (χ2n) is 6.94. The van der Waals surface area contributed by atoms with Gasteiger partial charge >= 0.3 is 0 Å². The summed E-state index contributed by atoms with van der Waals surface area (Å²) in [5, 5.41) is 3.79. The van der Waals surface area contributed by atoms with Crippen molar-refractivity contribution in [2.24, 2.45) is 5.92 Å². The van der Waals surface area contributed by atoms with Gasteiger partial charge in [-0.3, -0.25) is 4.90 Å². The average Bonchev–Trinajstić information content (AvgIpc) is 2.37. The number of nitrogens with zero attached hydrogens (tertiary/aromatic N) is 1. The molecule has 0 radical (unpaired) electrons. The lowest BCUT2D eigenvalue weighted by Crippen LogP contribution is -2.68. The first-order chi connectivity index (χ1) is 8.32. The van der Waals surface area contributed by atoms with Gasteiger partial charge in [-0.15, -0.1) is 0 Å². The summed E-state index contributed by atoms with van der Waals surface area (Å²) in [6.07, 6.45) is 3.69. The maximum atomic E-state index is 3.79. The monoisotopic (exact) mass is 254 g/mol. The molecule has 2 heteroatoms. The molecule has 0 bridgehead atoms. The van der Waals surface area contributed by atoms with E-state index < -0.39 is 0 Å². The summed E-state index contributed by atoms with van der Waals surface area (Å²) in [5.41, 5.74) is 0.643. The Bertz CT molecular complexity index is 258. The van der Waals surface area contributed by atoms with Crippen LogP contribution in [0.25, 0.3) is 0 Å². The highest BCUT2D eigenvalue weighted by Gasteiger charge is 2.42. The number of rotatable bonds is 5. The van der Waals surface area contributed by atoms with Crippen molar-refractivity contribution >= 4 is 0 Å². The minimum absolute atomic E-state index is 0.289. The molecule has 2 atom stereocenters. The van der Waals surface area contributed by atoms with Gasteiger partial charge < -0.3 is 5.32 Å².